The van der Waals surface area contributed by atoms with Gasteiger partial charge < -0.3 is 15.0 Å². The van der Waals surface area contributed by atoms with Crippen molar-refractivity contribution in [3.8, 4) is 0 Å². The summed E-state index contributed by atoms with van der Waals surface area (Å²) in [5, 5.41) is 13.3. The van der Waals surface area contributed by atoms with Gasteiger partial charge in [-0.3, -0.25) is 10.1 Å². The minimum atomic E-state index is -0.656. The molecule has 0 aromatic carbocycles. The van der Waals surface area contributed by atoms with Gasteiger partial charge in [0.1, 0.15) is 0 Å². The summed E-state index contributed by atoms with van der Waals surface area (Å²) in [5.41, 5.74) is 1.38. The number of hydrogen-bond donors (Lipinski definition) is 3. The van der Waals surface area contributed by atoms with Gasteiger partial charge in [0.05, 0.1) is 42.4 Å². The molecule has 1 saturated heterocycles. The number of nitrogens with zero attached hydrogens (tertiary/aromatic N) is 2. The van der Waals surface area contributed by atoms with Crippen molar-refractivity contribution in [1.82, 2.24) is 20.2 Å². The van der Waals surface area contributed by atoms with E-state index in [-0.39, 0.29) is 11.9 Å². The molecule has 0 radical (unpaired) electrons. The minimum absolute atomic E-state index is 0.0782. The highest BCUT2D eigenvalue weighted by molar-refractivity contribution is 5.83. The van der Waals surface area contributed by atoms with E-state index >= 15 is 0 Å². The van der Waals surface area contributed by atoms with E-state index in [0.29, 0.717) is 26.1 Å². The smallest absolute Gasteiger partial charge is 0.240 e. The van der Waals surface area contributed by atoms with Gasteiger partial charge in [-0.15, -0.1) is 0 Å². The highest BCUT2D eigenvalue weighted by atomic mass is 16.3. The van der Waals surface area contributed by atoms with E-state index in [4.69, 9.17) is 0 Å². The molecule has 1 fully saturated rings. The van der Waals surface area contributed by atoms with Gasteiger partial charge >= 0.3 is 0 Å². The zero-order chi connectivity index (χ0) is 13.5. The van der Waals surface area contributed by atoms with Crippen molar-refractivity contribution in [2.75, 3.05) is 13.1 Å². The lowest BCUT2D eigenvalue weighted by atomic mass is 9.88. The van der Waals surface area contributed by atoms with Crippen LogP contribution in [0.1, 0.15) is 31.2 Å². The first kappa shape index (κ1) is 12.6. The maximum atomic E-state index is 12.3. The molecule has 1 unspecified atom stereocenters. The van der Waals surface area contributed by atoms with Crippen LogP contribution >= 0.6 is 0 Å². The number of likely N-dealkylation sites (tertiary alicyclic amines) is 1. The molecule has 0 bridgehead atoms. The average Bonchev–Trinajstić information content (AvgIpc) is 2.82. The predicted octanol–water partition coefficient (Wildman–Crippen LogP) is -0.203. The van der Waals surface area contributed by atoms with Gasteiger partial charge in [0.15, 0.2) is 0 Å². The molecular weight excluding hydrogens is 244 g/mol. The van der Waals surface area contributed by atoms with Crippen molar-refractivity contribution in [3.63, 3.8) is 0 Å². The number of rotatable bonds is 3. The summed E-state index contributed by atoms with van der Waals surface area (Å²) in [6, 6.07) is -0.207. The number of imidazole rings is 1. The molecule has 3 heterocycles. The molecule has 1 aromatic heterocycles. The molecule has 6 nitrogen and oxygen atoms in total. The Balaban J connectivity index is 1.58. The Hall–Kier alpha value is -1.40. The summed E-state index contributed by atoms with van der Waals surface area (Å²) in [4.78, 5) is 21.4. The van der Waals surface area contributed by atoms with Crippen LogP contribution in [0.25, 0.3) is 0 Å². The Morgan fingerprint density at radius 3 is 3.16 bits per heavy atom. The fourth-order valence-corrected chi connectivity index (χ4v) is 3.01. The second-order valence-electron chi connectivity index (χ2n) is 5.63. The van der Waals surface area contributed by atoms with E-state index in [1.165, 1.54) is 0 Å². The van der Waals surface area contributed by atoms with E-state index in [9.17, 15) is 9.90 Å². The van der Waals surface area contributed by atoms with Crippen LogP contribution in [0, 0.1) is 0 Å². The topological polar surface area (TPSA) is 81.2 Å². The molecular formula is C13H20N4O2. The van der Waals surface area contributed by atoms with Gasteiger partial charge in [0, 0.05) is 13.0 Å². The Labute approximate surface area is 112 Å². The lowest BCUT2D eigenvalue weighted by Gasteiger charge is -2.47. The highest BCUT2D eigenvalue weighted by Gasteiger charge is 2.44. The first-order valence-electron chi connectivity index (χ1n) is 6.87. The van der Waals surface area contributed by atoms with Gasteiger partial charge in [-0.25, -0.2) is 4.98 Å². The molecule has 2 aliphatic rings. The normalized spacial score (nSPS) is 24.7. The van der Waals surface area contributed by atoms with Crippen molar-refractivity contribution in [2.45, 2.75) is 44.4 Å². The third kappa shape index (κ3) is 2.26. The number of aromatic amines is 1. The molecule has 2 aliphatic heterocycles. The first-order chi connectivity index (χ1) is 9.11. The van der Waals surface area contributed by atoms with E-state index in [2.05, 4.69) is 15.3 Å². The molecule has 0 aliphatic carbocycles. The Morgan fingerprint density at radius 2 is 2.42 bits per heavy atom. The fraction of sp³-hybridized carbons (Fsp3) is 0.692. The summed E-state index contributed by atoms with van der Waals surface area (Å²) in [6.45, 7) is 3.62. The molecule has 0 saturated carbocycles. The fourth-order valence-electron chi connectivity index (χ4n) is 3.01. The van der Waals surface area contributed by atoms with Crippen molar-refractivity contribution in [2.24, 2.45) is 0 Å². The van der Waals surface area contributed by atoms with Gasteiger partial charge in [-0.1, -0.05) is 13.3 Å². The number of carbonyl (C=O) groups is 1. The van der Waals surface area contributed by atoms with Gasteiger partial charge in [-0.05, 0) is 6.42 Å². The lowest BCUT2D eigenvalue weighted by molar-refractivity contribution is -0.158. The third-order valence-electron chi connectivity index (χ3n) is 4.03. The Kier molecular flexibility index (Phi) is 3.06. The van der Waals surface area contributed by atoms with Crippen LogP contribution < -0.4 is 5.32 Å². The number of aliphatic hydroxyl groups is 1. The second kappa shape index (κ2) is 4.61. The molecule has 1 aromatic rings. The SMILES string of the molecule is CCCC1(O)CN(C(=O)C2Cc3nc[nH]c3CN2)C1. The summed E-state index contributed by atoms with van der Waals surface area (Å²) >= 11 is 0. The van der Waals surface area contributed by atoms with Crippen molar-refractivity contribution >= 4 is 5.91 Å². The number of hydrogen-bond acceptors (Lipinski definition) is 4. The quantitative estimate of drug-likeness (QED) is 0.706. The van der Waals surface area contributed by atoms with Crippen molar-refractivity contribution < 1.29 is 9.90 Å². The molecule has 1 amide bonds. The van der Waals surface area contributed by atoms with E-state index < -0.39 is 5.60 Å². The van der Waals surface area contributed by atoms with Crippen LogP contribution in [-0.2, 0) is 17.8 Å². The Morgan fingerprint density at radius 1 is 1.63 bits per heavy atom. The van der Waals surface area contributed by atoms with Crippen molar-refractivity contribution in [1.29, 1.82) is 0 Å². The van der Waals surface area contributed by atoms with E-state index in [1.54, 1.807) is 11.2 Å². The number of aromatic nitrogens is 2. The van der Waals surface area contributed by atoms with Crippen LogP contribution in [0.2, 0.25) is 0 Å². The molecule has 0 spiro atoms. The van der Waals surface area contributed by atoms with E-state index in [1.807, 2.05) is 6.92 Å². The summed E-state index contributed by atoms with van der Waals surface area (Å²) in [7, 11) is 0. The molecule has 6 heteroatoms. The summed E-state index contributed by atoms with van der Waals surface area (Å²) in [5.74, 6) is 0.0782. The standard InChI is InChI=1S/C13H20N4O2/c1-2-3-13(19)6-17(7-13)12(18)10-4-9-11(5-14-10)16-8-15-9/h8,10,14,19H,2-7H2,1H3,(H,15,16). The number of carbonyl (C=O) groups excluding carboxylic acids is 1. The zero-order valence-corrected chi connectivity index (χ0v) is 11.1. The average molecular weight is 264 g/mol. The van der Waals surface area contributed by atoms with Crippen LogP contribution in [0.15, 0.2) is 6.33 Å². The van der Waals surface area contributed by atoms with Gasteiger partial charge in [-0.2, -0.15) is 0 Å². The van der Waals surface area contributed by atoms with Crippen LogP contribution in [0.4, 0.5) is 0 Å². The number of nitrogens with one attached hydrogen (secondary N) is 2. The number of fused-ring (bicyclic) bond motifs is 1. The first-order valence-corrected chi connectivity index (χ1v) is 6.87. The number of β-amino-alcohol motifs (C(OH)–C–C–N with tert-alkyl or cyclic N) is 1. The predicted molar refractivity (Wildman–Crippen MR) is 69.4 cm³/mol. The zero-order valence-electron chi connectivity index (χ0n) is 11.1. The van der Waals surface area contributed by atoms with Crippen LogP contribution in [-0.4, -0.2) is 50.6 Å². The second-order valence-corrected chi connectivity index (χ2v) is 5.63. The Bertz CT molecular complexity index is 479. The summed E-state index contributed by atoms with van der Waals surface area (Å²) < 4.78 is 0. The van der Waals surface area contributed by atoms with Crippen molar-refractivity contribution in [3.05, 3.63) is 17.7 Å². The van der Waals surface area contributed by atoms with Crippen LogP contribution in [0.5, 0.6) is 0 Å². The molecule has 3 rings (SSSR count). The van der Waals surface area contributed by atoms with Gasteiger partial charge in [0.25, 0.3) is 0 Å². The third-order valence-corrected chi connectivity index (χ3v) is 4.03. The maximum Gasteiger partial charge on any atom is 0.240 e. The largest absolute Gasteiger partial charge is 0.386 e. The van der Waals surface area contributed by atoms with Gasteiger partial charge in [0.2, 0.25) is 5.91 Å². The van der Waals surface area contributed by atoms with Crippen LogP contribution in [0.3, 0.4) is 0 Å². The molecule has 19 heavy (non-hydrogen) atoms. The monoisotopic (exact) mass is 264 g/mol. The number of amides is 1. The number of H-pyrrole nitrogens is 1. The highest BCUT2D eigenvalue weighted by Crippen LogP contribution is 2.27. The summed E-state index contributed by atoms with van der Waals surface area (Å²) in [6.07, 6.45) is 4.00. The maximum absolute atomic E-state index is 12.3. The minimum Gasteiger partial charge on any atom is -0.386 e. The molecule has 1 atom stereocenters. The molecule has 104 valence electrons. The lowest BCUT2D eigenvalue weighted by Crippen LogP contribution is -2.66. The van der Waals surface area contributed by atoms with E-state index in [0.717, 1.165) is 24.2 Å². The molecule has 3 N–H and O–H groups in total.